The van der Waals surface area contributed by atoms with E-state index < -0.39 is 23.2 Å². The smallest absolute Gasteiger partial charge is 0.417 e. The van der Waals surface area contributed by atoms with Crippen LogP contribution >= 0.6 is 0 Å². The normalized spacial score (nSPS) is 11.0. The molecule has 0 spiro atoms. The van der Waals surface area contributed by atoms with Crippen LogP contribution in [-0.2, 0) is 0 Å². The van der Waals surface area contributed by atoms with E-state index in [0.29, 0.717) is 45.2 Å². The van der Waals surface area contributed by atoms with E-state index >= 15 is 0 Å². The molecule has 44 heavy (non-hydrogen) atoms. The highest BCUT2D eigenvalue weighted by Crippen LogP contribution is 2.37. The van der Waals surface area contributed by atoms with Crippen molar-refractivity contribution in [3.05, 3.63) is 105 Å². The molecule has 3 aromatic carbocycles. The standard InChI is InChI=1S/C32H29FN4O7/c1-18(2)36-17-29(30(38)37(32(36)40)22-9-6-20(33)7-10-22)44-31(39)35-21-8-11-25(19(3)14-21)43-26-12-13-34-24-16-28(42-5)27(41-4)15-23(24)26/h6-18H,1-5H3,(H,35,39). The Morgan fingerprint density at radius 3 is 2.25 bits per heavy atom. The number of methoxy groups -OCH3 is 2. The Labute approximate surface area is 251 Å². The molecular weight excluding hydrogens is 571 g/mol. The number of aryl methyl sites for hydroxylation is 1. The predicted molar refractivity (Wildman–Crippen MR) is 162 cm³/mol. The molecule has 5 aromatic rings. The summed E-state index contributed by atoms with van der Waals surface area (Å²) in [5, 5.41) is 3.31. The Morgan fingerprint density at radius 1 is 0.886 bits per heavy atom. The van der Waals surface area contributed by atoms with Gasteiger partial charge in [0.1, 0.15) is 17.3 Å². The molecule has 0 aliphatic heterocycles. The lowest BCUT2D eigenvalue weighted by Crippen LogP contribution is -2.40. The highest BCUT2D eigenvalue weighted by Gasteiger charge is 2.19. The highest BCUT2D eigenvalue weighted by molar-refractivity contribution is 5.89. The lowest BCUT2D eigenvalue weighted by molar-refractivity contribution is 0.213. The maximum absolute atomic E-state index is 13.5. The number of fused-ring (bicyclic) bond motifs is 1. The molecule has 1 amide bonds. The predicted octanol–water partition coefficient (Wildman–Crippen LogP) is 6.00. The molecule has 0 saturated carbocycles. The zero-order valence-electron chi connectivity index (χ0n) is 24.6. The van der Waals surface area contributed by atoms with Crippen molar-refractivity contribution in [1.82, 2.24) is 14.1 Å². The maximum Gasteiger partial charge on any atom is 0.417 e. The fourth-order valence-electron chi connectivity index (χ4n) is 4.55. The molecule has 2 aromatic heterocycles. The number of nitrogens with zero attached hydrogens (tertiary/aromatic N) is 3. The molecule has 1 N–H and O–H groups in total. The Bertz CT molecular complexity index is 1980. The average molecular weight is 601 g/mol. The van der Waals surface area contributed by atoms with Crippen molar-refractivity contribution in [3.63, 3.8) is 0 Å². The molecule has 11 nitrogen and oxygen atoms in total. The Balaban J connectivity index is 1.38. The zero-order chi connectivity index (χ0) is 31.5. The van der Waals surface area contributed by atoms with Crippen LogP contribution in [0.4, 0.5) is 14.9 Å². The van der Waals surface area contributed by atoms with Gasteiger partial charge in [-0.1, -0.05) is 0 Å². The van der Waals surface area contributed by atoms with Crippen LogP contribution in [-0.4, -0.2) is 34.4 Å². The van der Waals surface area contributed by atoms with Crippen LogP contribution in [0.3, 0.4) is 0 Å². The molecule has 0 bridgehead atoms. The van der Waals surface area contributed by atoms with E-state index in [9.17, 15) is 18.8 Å². The zero-order valence-corrected chi connectivity index (χ0v) is 24.6. The van der Waals surface area contributed by atoms with Gasteiger partial charge in [-0.3, -0.25) is 19.7 Å². The highest BCUT2D eigenvalue weighted by atomic mass is 19.1. The molecule has 226 valence electrons. The van der Waals surface area contributed by atoms with E-state index in [-0.39, 0.29) is 17.5 Å². The number of amides is 1. The topological polar surface area (TPSA) is 123 Å². The fraction of sp³-hybridized carbons (Fsp3) is 0.188. The van der Waals surface area contributed by atoms with Crippen LogP contribution in [0.25, 0.3) is 16.6 Å². The number of aromatic nitrogens is 3. The summed E-state index contributed by atoms with van der Waals surface area (Å²) in [4.78, 5) is 43.5. The number of halogens is 1. The van der Waals surface area contributed by atoms with Gasteiger partial charge >= 0.3 is 17.3 Å². The summed E-state index contributed by atoms with van der Waals surface area (Å²) in [7, 11) is 3.09. The van der Waals surface area contributed by atoms with E-state index in [1.165, 1.54) is 22.9 Å². The summed E-state index contributed by atoms with van der Waals surface area (Å²) < 4.78 is 37.9. The molecule has 0 aliphatic carbocycles. The van der Waals surface area contributed by atoms with Gasteiger partial charge in [-0.25, -0.2) is 18.5 Å². The SMILES string of the molecule is COc1cc2nccc(Oc3ccc(NC(=O)Oc4cn(C(C)C)c(=O)n(-c5ccc(F)cc5)c4=O)cc3C)c2cc1OC. The monoisotopic (exact) mass is 600 g/mol. The number of rotatable bonds is 8. The number of ether oxygens (including phenoxy) is 4. The molecular formula is C32H29FN4O7. The minimum atomic E-state index is -0.948. The second-order valence-corrected chi connectivity index (χ2v) is 10.0. The molecule has 2 heterocycles. The second-order valence-electron chi connectivity index (χ2n) is 10.0. The van der Waals surface area contributed by atoms with E-state index in [1.54, 1.807) is 77.6 Å². The van der Waals surface area contributed by atoms with Crippen LogP contribution in [0.1, 0.15) is 25.5 Å². The number of carbonyl (C=O) groups excluding carboxylic acids is 1. The number of carbonyl (C=O) groups is 1. The van der Waals surface area contributed by atoms with Gasteiger partial charge in [-0.2, -0.15) is 0 Å². The summed E-state index contributed by atoms with van der Waals surface area (Å²) in [5.74, 6) is 1.23. The minimum absolute atomic E-state index is 0.132. The summed E-state index contributed by atoms with van der Waals surface area (Å²) in [6.07, 6.45) is 1.86. The molecule has 0 radical (unpaired) electrons. The quantitative estimate of drug-likeness (QED) is 0.230. The molecule has 0 atom stereocenters. The first-order valence-electron chi connectivity index (χ1n) is 13.5. The molecule has 5 rings (SSSR count). The van der Waals surface area contributed by atoms with Crippen LogP contribution in [0.15, 0.2) is 82.6 Å². The van der Waals surface area contributed by atoms with Crippen molar-refractivity contribution in [2.75, 3.05) is 19.5 Å². The summed E-state index contributed by atoms with van der Waals surface area (Å²) in [6.45, 7) is 5.28. The van der Waals surface area contributed by atoms with E-state index in [0.717, 1.165) is 16.7 Å². The van der Waals surface area contributed by atoms with Crippen molar-refractivity contribution in [3.8, 4) is 34.4 Å². The third-order valence-electron chi connectivity index (χ3n) is 6.77. The van der Waals surface area contributed by atoms with Gasteiger partial charge in [-0.15, -0.1) is 0 Å². The van der Waals surface area contributed by atoms with Crippen molar-refractivity contribution in [2.45, 2.75) is 26.8 Å². The number of hydrogen-bond acceptors (Lipinski definition) is 8. The number of hydrogen-bond donors (Lipinski definition) is 1. The summed E-state index contributed by atoms with van der Waals surface area (Å²) >= 11 is 0. The Hall–Kier alpha value is -5.65. The average Bonchev–Trinajstić information content (AvgIpc) is 3.00. The summed E-state index contributed by atoms with van der Waals surface area (Å²) in [5.41, 5.74) is 0.332. The van der Waals surface area contributed by atoms with Crippen molar-refractivity contribution in [1.29, 1.82) is 0 Å². The number of anilines is 1. The van der Waals surface area contributed by atoms with Crippen molar-refractivity contribution in [2.24, 2.45) is 0 Å². The third-order valence-corrected chi connectivity index (χ3v) is 6.77. The fourth-order valence-corrected chi connectivity index (χ4v) is 4.55. The Morgan fingerprint density at radius 2 is 1.59 bits per heavy atom. The van der Waals surface area contributed by atoms with Crippen LogP contribution in [0.2, 0.25) is 0 Å². The largest absolute Gasteiger partial charge is 0.493 e. The van der Waals surface area contributed by atoms with Crippen LogP contribution in [0, 0.1) is 12.7 Å². The van der Waals surface area contributed by atoms with Gasteiger partial charge in [0.2, 0.25) is 5.75 Å². The number of pyridine rings is 1. The van der Waals surface area contributed by atoms with Gasteiger partial charge in [0.05, 0.1) is 31.6 Å². The number of nitrogens with one attached hydrogen (secondary N) is 1. The van der Waals surface area contributed by atoms with Gasteiger partial charge in [0, 0.05) is 29.4 Å². The van der Waals surface area contributed by atoms with E-state index in [2.05, 4.69) is 10.3 Å². The van der Waals surface area contributed by atoms with Gasteiger partial charge < -0.3 is 18.9 Å². The molecule has 12 heteroatoms. The van der Waals surface area contributed by atoms with Gasteiger partial charge in [0.25, 0.3) is 0 Å². The van der Waals surface area contributed by atoms with Crippen LogP contribution in [0.5, 0.6) is 28.7 Å². The van der Waals surface area contributed by atoms with Gasteiger partial charge in [-0.05, 0) is 80.9 Å². The summed E-state index contributed by atoms with van der Waals surface area (Å²) in [6, 6.07) is 14.7. The molecule has 0 aliphatic rings. The first kappa shape index (κ1) is 29.8. The molecule has 0 fully saturated rings. The lowest BCUT2D eigenvalue weighted by Gasteiger charge is -2.16. The van der Waals surface area contributed by atoms with Crippen molar-refractivity contribution < 1.29 is 28.1 Å². The molecule has 0 unspecified atom stereocenters. The van der Waals surface area contributed by atoms with E-state index in [1.807, 2.05) is 0 Å². The minimum Gasteiger partial charge on any atom is -0.493 e. The van der Waals surface area contributed by atoms with Crippen molar-refractivity contribution >= 4 is 22.7 Å². The molecule has 0 saturated heterocycles. The maximum atomic E-state index is 13.5. The first-order chi connectivity index (χ1) is 21.1. The van der Waals surface area contributed by atoms with Gasteiger partial charge in [0.15, 0.2) is 11.5 Å². The lowest BCUT2D eigenvalue weighted by atomic mass is 10.1. The third kappa shape index (κ3) is 5.95. The second kappa shape index (κ2) is 12.3. The number of benzene rings is 3. The van der Waals surface area contributed by atoms with Crippen LogP contribution < -0.4 is 35.5 Å². The first-order valence-corrected chi connectivity index (χ1v) is 13.5. The van der Waals surface area contributed by atoms with E-state index in [4.69, 9.17) is 18.9 Å². The Kier molecular flexibility index (Phi) is 8.34.